The molecule has 2 aromatic rings. The van der Waals surface area contributed by atoms with Gasteiger partial charge in [0.05, 0.1) is 0 Å². The van der Waals surface area contributed by atoms with E-state index in [1.807, 2.05) is 18.2 Å². The third-order valence-corrected chi connectivity index (χ3v) is 3.27. The highest BCUT2D eigenvalue weighted by molar-refractivity contribution is 6.30. The minimum absolute atomic E-state index is 0.784. The molecule has 0 nitrogen and oxygen atoms in total. The minimum atomic E-state index is 0.784. The van der Waals surface area contributed by atoms with Crippen LogP contribution >= 0.6 is 11.6 Å². The summed E-state index contributed by atoms with van der Waals surface area (Å²) >= 11 is 5.94. The van der Waals surface area contributed by atoms with Gasteiger partial charge in [0.1, 0.15) is 0 Å². The molecule has 0 heterocycles. The normalized spacial score (nSPS) is 10.2. The molecule has 0 fully saturated rings. The molecule has 0 radical (unpaired) electrons. The first-order valence-electron chi connectivity index (χ1n) is 6.13. The van der Waals surface area contributed by atoms with Crippen molar-refractivity contribution in [2.75, 3.05) is 0 Å². The second kappa shape index (κ2) is 5.88. The molecule has 0 amide bonds. The van der Waals surface area contributed by atoms with E-state index in [0.717, 1.165) is 11.4 Å². The summed E-state index contributed by atoms with van der Waals surface area (Å²) in [6, 6.07) is 18.6. The fourth-order valence-electron chi connectivity index (χ4n) is 2.02. The molecule has 0 saturated carbocycles. The van der Waals surface area contributed by atoms with Gasteiger partial charge in [0.15, 0.2) is 0 Å². The number of rotatable bonds is 3. The number of allylic oxidation sites excluding steroid dienone is 2. The van der Waals surface area contributed by atoms with Crippen molar-refractivity contribution in [1.82, 2.24) is 0 Å². The van der Waals surface area contributed by atoms with E-state index >= 15 is 0 Å². The van der Waals surface area contributed by atoms with Crippen LogP contribution < -0.4 is 0 Å². The fraction of sp³-hybridized carbons (Fsp3) is 0.176. The molecule has 0 bridgehead atoms. The van der Waals surface area contributed by atoms with E-state index in [9.17, 15) is 0 Å². The Morgan fingerprint density at radius 2 is 1.50 bits per heavy atom. The molecule has 2 aromatic carbocycles. The van der Waals surface area contributed by atoms with Crippen LogP contribution in [0.2, 0.25) is 5.02 Å². The summed E-state index contributed by atoms with van der Waals surface area (Å²) in [7, 11) is 0. The Morgan fingerprint density at radius 3 is 2.06 bits per heavy atom. The van der Waals surface area contributed by atoms with Gasteiger partial charge in [-0.15, -0.1) is 0 Å². The van der Waals surface area contributed by atoms with Gasteiger partial charge in [0.2, 0.25) is 0 Å². The predicted molar refractivity (Wildman–Crippen MR) is 79.9 cm³/mol. The Bertz CT molecular complexity index is 532. The van der Waals surface area contributed by atoms with Gasteiger partial charge in [-0.25, -0.2) is 0 Å². The summed E-state index contributed by atoms with van der Waals surface area (Å²) in [5.74, 6) is 0. The Balaban J connectivity index is 2.31. The zero-order valence-corrected chi connectivity index (χ0v) is 11.5. The zero-order chi connectivity index (χ0) is 13.0. The molecule has 2 rings (SSSR count). The number of benzene rings is 2. The summed E-state index contributed by atoms with van der Waals surface area (Å²) in [6.07, 6.45) is 0.963. The van der Waals surface area contributed by atoms with Crippen molar-refractivity contribution in [3.8, 4) is 0 Å². The molecule has 0 aliphatic heterocycles. The highest BCUT2D eigenvalue weighted by Gasteiger charge is 2.05. The van der Waals surface area contributed by atoms with Crippen molar-refractivity contribution in [3.63, 3.8) is 0 Å². The number of hydrogen-bond donors (Lipinski definition) is 0. The van der Waals surface area contributed by atoms with Gasteiger partial charge in [-0.2, -0.15) is 0 Å². The number of halogens is 1. The second-order valence-electron chi connectivity index (χ2n) is 4.65. The maximum absolute atomic E-state index is 5.94. The van der Waals surface area contributed by atoms with E-state index in [1.54, 1.807) is 0 Å². The lowest BCUT2D eigenvalue weighted by molar-refractivity contribution is 1.23. The maximum atomic E-state index is 5.94. The fourth-order valence-corrected chi connectivity index (χ4v) is 2.14. The SMILES string of the molecule is CC(C)=C(Cc1ccccc1)c1ccc(Cl)cc1. The summed E-state index contributed by atoms with van der Waals surface area (Å²) in [5.41, 5.74) is 5.31. The lowest BCUT2D eigenvalue weighted by atomic mass is 9.95. The molecule has 0 atom stereocenters. The molecule has 1 heteroatoms. The van der Waals surface area contributed by atoms with Crippen LogP contribution in [0.5, 0.6) is 0 Å². The first kappa shape index (κ1) is 12.9. The van der Waals surface area contributed by atoms with Crippen LogP contribution in [-0.2, 0) is 6.42 Å². The largest absolute Gasteiger partial charge is 0.0843 e. The monoisotopic (exact) mass is 256 g/mol. The van der Waals surface area contributed by atoms with Crippen LogP contribution in [0.15, 0.2) is 60.2 Å². The molecule has 0 aliphatic rings. The van der Waals surface area contributed by atoms with E-state index in [0.29, 0.717) is 0 Å². The third-order valence-electron chi connectivity index (χ3n) is 3.02. The zero-order valence-electron chi connectivity index (χ0n) is 10.8. The van der Waals surface area contributed by atoms with Gasteiger partial charge in [0.25, 0.3) is 0 Å². The first-order valence-corrected chi connectivity index (χ1v) is 6.51. The van der Waals surface area contributed by atoms with E-state index < -0.39 is 0 Å². The van der Waals surface area contributed by atoms with E-state index in [-0.39, 0.29) is 0 Å². The lowest BCUT2D eigenvalue weighted by Crippen LogP contribution is -1.93. The van der Waals surface area contributed by atoms with E-state index in [2.05, 4.69) is 50.2 Å². The quantitative estimate of drug-likeness (QED) is 0.692. The van der Waals surface area contributed by atoms with Gasteiger partial charge >= 0.3 is 0 Å². The molecular weight excluding hydrogens is 240 g/mol. The maximum Gasteiger partial charge on any atom is 0.0406 e. The summed E-state index contributed by atoms with van der Waals surface area (Å²) in [6.45, 7) is 4.32. The third kappa shape index (κ3) is 3.24. The molecule has 0 aliphatic carbocycles. The van der Waals surface area contributed by atoms with E-state index in [1.165, 1.54) is 22.3 Å². The summed E-state index contributed by atoms with van der Waals surface area (Å²) in [4.78, 5) is 0. The van der Waals surface area contributed by atoms with Gasteiger partial charge < -0.3 is 0 Å². The lowest BCUT2D eigenvalue weighted by Gasteiger charge is -2.11. The Kier molecular flexibility index (Phi) is 4.22. The molecule has 92 valence electrons. The standard InChI is InChI=1S/C17H17Cl/c1-13(2)17(12-14-6-4-3-5-7-14)15-8-10-16(18)11-9-15/h3-11H,12H2,1-2H3. The first-order chi connectivity index (χ1) is 8.66. The van der Waals surface area contributed by atoms with Crippen LogP contribution in [0, 0.1) is 0 Å². The van der Waals surface area contributed by atoms with Crippen molar-refractivity contribution in [1.29, 1.82) is 0 Å². The average Bonchev–Trinajstić information content (AvgIpc) is 2.38. The molecule has 0 unspecified atom stereocenters. The van der Waals surface area contributed by atoms with Crippen LogP contribution in [0.3, 0.4) is 0 Å². The minimum Gasteiger partial charge on any atom is -0.0843 e. The molecule has 0 saturated heterocycles. The topological polar surface area (TPSA) is 0 Å². The van der Waals surface area contributed by atoms with Crippen molar-refractivity contribution in [2.24, 2.45) is 0 Å². The van der Waals surface area contributed by atoms with E-state index in [4.69, 9.17) is 11.6 Å². The summed E-state index contributed by atoms with van der Waals surface area (Å²) < 4.78 is 0. The highest BCUT2D eigenvalue weighted by Crippen LogP contribution is 2.24. The molecule has 18 heavy (non-hydrogen) atoms. The molecular formula is C17H17Cl. The smallest absolute Gasteiger partial charge is 0.0406 e. The van der Waals surface area contributed by atoms with Crippen molar-refractivity contribution in [2.45, 2.75) is 20.3 Å². The number of hydrogen-bond acceptors (Lipinski definition) is 0. The average molecular weight is 257 g/mol. The Morgan fingerprint density at radius 1 is 0.889 bits per heavy atom. The van der Waals surface area contributed by atoms with Crippen molar-refractivity contribution in [3.05, 3.63) is 76.3 Å². The van der Waals surface area contributed by atoms with Crippen molar-refractivity contribution < 1.29 is 0 Å². The Labute approximate surface area is 114 Å². The Hall–Kier alpha value is -1.53. The van der Waals surface area contributed by atoms with Gasteiger partial charge in [-0.3, -0.25) is 0 Å². The van der Waals surface area contributed by atoms with Crippen LogP contribution in [0.4, 0.5) is 0 Å². The summed E-state index contributed by atoms with van der Waals surface area (Å²) in [5, 5.41) is 0.784. The second-order valence-corrected chi connectivity index (χ2v) is 5.08. The molecule has 0 aromatic heterocycles. The van der Waals surface area contributed by atoms with Crippen molar-refractivity contribution >= 4 is 17.2 Å². The van der Waals surface area contributed by atoms with Gasteiger partial charge in [0, 0.05) is 5.02 Å². The van der Waals surface area contributed by atoms with Crippen LogP contribution in [-0.4, -0.2) is 0 Å². The van der Waals surface area contributed by atoms with Crippen LogP contribution in [0.25, 0.3) is 5.57 Å². The highest BCUT2D eigenvalue weighted by atomic mass is 35.5. The molecule has 0 spiro atoms. The van der Waals surface area contributed by atoms with Gasteiger partial charge in [-0.1, -0.05) is 59.6 Å². The van der Waals surface area contributed by atoms with Gasteiger partial charge in [-0.05, 0) is 49.1 Å². The molecule has 0 N–H and O–H groups in total. The predicted octanol–water partition coefficient (Wildman–Crippen LogP) is 5.38. The van der Waals surface area contributed by atoms with Crippen LogP contribution in [0.1, 0.15) is 25.0 Å².